The maximum Gasteiger partial charge on any atom is 4.00 e. The van der Waals surface area contributed by atoms with E-state index >= 15 is 0 Å². The van der Waals surface area contributed by atoms with Crippen LogP contribution in [0.25, 0.3) is 0 Å². The molecule has 217 valence electrons. The molecule has 0 aromatic carbocycles. The summed E-state index contributed by atoms with van der Waals surface area (Å²) in [6, 6.07) is 0. The Kier molecular flexibility index (Phi) is 39.9. The standard InChI is InChI=1S/4C7H14O2.V/c4*1-3-6(4-2)5-7(8)9;/h4*6H,3-5H2,1-2H3,(H,8,9);/q;;;;+4/p-4. The minimum Gasteiger partial charge on any atom is -0.550 e. The average molecular weight is 568 g/mol. The largest absolute Gasteiger partial charge is 4.00 e. The van der Waals surface area contributed by atoms with Gasteiger partial charge in [-0.05, 0) is 49.4 Å². The zero-order chi connectivity index (χ0) is 29.1. The van der Waals surface area contributed by atoms with Crippen LogP contribution >= 0.6 is 0 Å². The van der Waals surface area contributed by atoms with E-state index in [1.54, 1.807) is 0 Å². The van der Waals surface area contributed by atoms with Crippen molar-refractivity contribution in [3.05, 3.63) is 0 Å². The molecule has 0 heterocycles. The summed E-state index contributed by atoms with van der Waals surface area (Å²) in [6.07, 6.45) is 8.34. The molecule has 0 rings (SSSR count). The Hall–Kier alpha value is -1.54. The van der Waals surface area contributed by atoms with Crippen molar-refractivity contribution in [2.45, 2.75) is 132 Å². The van der Waals surface area contributed by atoms with Crippen LogP contribution in [-0.2, 0) is 37.7 Å². The molecule has 0 amide bonds. The van der Waals surface area contributed by atoms with E-state index in [1.807, 2.05) is 55.4 Å². The molecule has 0 aromatic heterocycles. The summed E-state index contributed by atoms with van der Waals surface area (Å²) in [7, 11) is 0. The fourth-order valence-electron chi connectivity index (χ4n) is 3.25. The Morgan fingerprint density at radius 1 is 0.378 bits per heavy atom. The van der Waals surface area contributed by atoms with Gasteiger partial charge in [0, 0.05) is 23.9 Å². The van der Waals surface area contributed by atoms with E-state index in [0.29, 0.717) is 23.7 Å². The van der Waals surface area contributed by atoms with E-state index < -0.39 is 23.9 Å². The number of hydrogen-bond donors (Lipinski definition) is 0. The molecule has 0 atom stereocenters. The summed E-state index contributed by atoms with van der Waals surface area (Å²) in [5.41, 5.74) is 0. The summed E-state index contributed by atoms with van der Waals surface area (Å²) < 4.78 is 0. The van der Waals surface area contributed by atoms with Crippen molar-refractivity contribution in [2.24, 2.45) is 23.7 Å². The maximum absolute atomic E-state index is 10.0. The van der Waals surface area contributed by atoms with Gasteiger partial charge in [-0.15, -0.1) is 0 Å². The van der Waals surface area contributed by atoms with Gasteiger partial charge in [0.1, 0.15) is 0 Å². The molecule has 0 saturated carbocycles. The Morgan fingerprint density at radius 3 is 0.514 bits per heavy atom. The topological polar surface area (TPSA) is 161 Å². The number of hydrogen-bond acceptors (Lipinski definition) is 8. The maximum atomic E-state index is 10.0. The molecular weight excluding hydrogens is 515 g/mol. The zero-order valence-electron chi connectivity index (χ0n) is 24.5. The van der Waals surface area contributed by atoms with Gasteiger partial charge < -0.3 is 39.6 Å². The Labute approximate surface area is 237 Å². The third kappa shape index (κ3) is 39.1. The molecule has 0 aliphatic heterocycles. The number of carbonyl (C=O) groups is 4. The molecule has 0 aromatic rings. The third-order valence-corrected chi connectivity index (χ3v) is 6.44. The molecule has 9 heteroatoms. The fourth-order valence-corrected chi connectivity index (χ4v) is 3.25. The van der Waals surface area contributed by atoms with Gasteiger partial charge in [0.05, 0.1) is 0 Å². The molecule has 0 aliphatic carbocycles. The molecular formula is C28H52O8V. The van der Waals surface area contributed by atoms with Crippen LogP contribution in [0.4, 0.5) is 0 Å². The van der Waals surface area contributed by atoms with E-state index in [1.165, 1.54) is 0 Å². The van der Waals surface area contributed by atoms with Crippen LogP contribution in [0.5, 0.6) is 0 Å². The number of aliphatic carboxylic acids is 4. The molecule has 0 bridgehead atoms. The molecule has 0 unspecified atom stereocenters. The van der Waals surface area contributed by atoms with Crippen LogP contribution in [0.2, 0.25) is 0 Å². The number of rotatable bonds is 16. The van der Waals surface area contributed by atoms with Gasteiger partial charge in [-0.2, -0.15) is 0 Å². The van der Waals surface area contributed by atoms with Crippen molar-refractivity contribution in [3.63, 3.8) is 0 Å². The fraction of sp³-hybridized carbons (Fsp3) is 0.857. The van der Waals surface area contributed by atoms with Crippen molar-refractivity contribution in [2.75, 3.05) is 0 Å². The Bertz CT molecular complexity index is 442. The third-order valence-electron chi connectivity index (χ3n) is 6.44. The summed E-state index contributed by atoms with van der Waals surface area (Å²) in [5.74, 6) is -2.45. The molecule has 0 fully saturated rings. The summed E-state index contributed by atoms with van der Waals surface area (Å²) in [5, 5.41) is 40.1. The Morgan fingerprint density at radius 2 is 0.486 bits per heavy atom. The van der Waals surface area contributed by atoms with E-state index in [2.05, 4.69) is 0 Å². The molecule has 0 aliphatic rings. The molecule has 37 heavy (non-hydrogen) atoms. The summed E-state index contributed by atoms with van der Waals surface area (Å²) >= 11 is 0. The first-order valence-corrected chi connectivity index (χ1v) is 13.6. The van der Waals surface area contributed by atoms with Gasteiger partial charge in [0.15, 0.2) is 0 Å². The SMILES string of the molecule is CCC(CC)CC(=O)[O-].CCC(CC)CC(=O)[O-].CCC(CC)CC(=O)[O-].CCC(CC)CC(=O)[O-].[V+4]. The predicted molar refractivity (Wildman–Crippen MR) is 135 cm³/mol. The van der Waals surface area contributed by atoms with Crippen LogP contribution in [0.1, 0.15) is 132 Å². The minimum absolute atomic E-state index is 0. The second-order valence-corrected chi connectivity index (χ2v) is 9.03. The number of carboxylic acids is 4. The predicted octanol–water partition coefficient (Wildman–Crippen LogP) is 2.25. The van der Waals surface area contributed by atoms with E-state index in [-0.39, 0.29) is 44.2 Å². The molecule has 8 nitrogen and oxygen atoms in total. The van der Waals surface area contributed by atoms with E-state index in [0.717, 1.165) is 51.4 Å². The number of carbonyl (C=O) groups excluding carboxylic acids is 4. The first-order valence-electron chi connectivity index (χ1n) is 13.6. The molecule has 1 radical (unpaired) electrons. The normalized spacial score (nSPS) is 9.84. The second-order valence-electron chi connectivity index (χ2n) is 9.03. The van der Waals surface area contributed by atoms with E-state index in [4.69, 9.17) is 0 Å². The van der Waals surface area contributed by atoms with E-state index in [9.17, 15) is 39.6 Å². The molecule has 0 saturated heterocycles. The number of carboxylic acid groups (broad SMARTS) is 4. The van der Waals surface area contributed by atoms with Gasteiger partial charge in [0.25, 0.3) is 0 Å². The van der Waals surface area contributed by atoms with Crippen molar-refractivity contribution in [1.82, 2.24) is 0 Å². The first kappa shape index (κ1) is 45.4. The monoisotopic (exact) mass is 567 g/mol. The first-order chi connectivity index (χ1) is 16.8. The van der Waals surface area contributed by atoms with Crippen molar-refractivity contribution in [3.8, 4) is 0 Å². The average Bonchev–Trinajstić information content (AvgIpc) is 2.83. The van der Waals surface area contributed by atoms with Crippen LogP contribution in [0.3, 0.4) is 0 Å². The second kappa shape index (κ2) is 32.5. The van der Waals surface area contributed by atoms with Crippen molar-refractivity contribution < 1.29 is 58.2 Å². The van der Waals surface area contributed by atoms with Gasteiger partial charge in [-0.1, -0.05) is 107 Å². The van der Waals surface area contributed by atoms with Crippen LogP contribution in [0.15, 0.2) is 0 Å². The molecule has 0 N–H and O–H groups in total. The Balaban J connectivity index is -0.000000122. The van der Waals surface area contributed by atoms with Gasteiger partial charge in [0.2, 0.25) is 0 Å². The molecule has 0 spiro atoms. The minimum atomic E-state index is -0.927. The van der Waals surface area contributed by atoms with Crippen molar-refractivity contribution in [1.29, 1.82) is 0 Å². The smallest absolute Gasteiger partial charge is 0.550 e. The van der Waals surface area contributed by atoms with Crippen LogP contribution < -0.4 is 20.4 Å². The van der Waals surface area contributed by atoms with Gasteiger partial charge >= 0.3 is 18.6 Å². The van der Waals surface area contributed by atoms with Crippen LogP contribution in [-0.4, -0.2) is 23.9 Å². The quantitative estimate of drug-likeness (QED) is 0.274. The van der Waals surface area contributed by atoms with Crippen LogP contribution in [0, 0.1) is 23.7 Å². The van der Waals surface area contributed by atoms with Gasteiger partial charge in [-0.3, -0.25) is 0 Å². The van der Waals surface area contributed by atoms with Crippen molar-refractivity contribution >= 4 is 23.9 Å². The van der Waals surface area contributed by atoms with Gasteiger partial charge in [-0.25, -0.2) is 0 Å². The summed E-state index contributed by atoms with van der Waals surface area (Å²) in [4.78, 5) is 40.1. The zero-order valence-corrected chi connectivity index (χ0v) is 25.9. The summed E-state index contributed by atoms with van der Waals surface area (Å²) in [6.45, 7) is 16.0.